The van der Waals surface area contributed by atoms with Crippen LogP contribution in [-0.2, 0) is 6.18 Å². The molecule has 3 aromatic carbocycles. The van der Waals surface area contributed by atoms with E-state index in [2.05, 4.69) is 0 Å². The smallest absolute Gasteiger partial charge is 0.416 e. The summed E-state index contributed by atoms with van der Waals surface area (Å²) in [6.07, 6.45) is -4.39. The molecule has 0 N–H and O–H groups in total. The zero-order chi connectivity index (χ0) is 23.3. The third-order valence-corrected chi connectivity index (χ3v) is 6.14. The van der Waals surface area contributed by atoms with E-state index in [9.17, 15) is 13.2 Å². The van der Waals surface area contributed by atoms with Crippen LogP contribution in [0.4, 0.5) is 13.2 Å². The Kier molecular flexibility index (Phi) is 5.13. The number of benzene rings is 3. The quantitative estimate of drug-likeness (QED) is 0.305. The first-order valence-electron chi connectivity index (χ1n) is 10.3. The Hall–Kier alpha value is -3.38. The topological polar surface area (TPSA) is 23.4 Å². The number of halogens is 4. The fourth-order valence-corrected chi connectivity index (χ4v) is 4.51. The highest BCUT2D eigenvalue weighted by molar-refractivity contribution is 6.30. The van der Waals surface area contributed by atoms with E-state index in [4.69, 9.17) is 21.1 Å². The second-order valence-corrected chi connectivity index (χ2v) is 8.33. The van der Waals surface area contributed by atoms with E-state index in [0.29, 0.717) is 22.1 Å². The van der Waals surface area contributed by atoms with Crippen LogP contribution in [-0.4, -0.2) is 11.4 Å². The summed E-state index contributed by atoms with van der Waals surface area (Å²) in [4.78, 5) is 0. The standard InChI is InChI=1S/C26H19ClF3NO2/c1-15-24(17-5-9-20(27)10-6-17)16(2)31(21-11-12-22-23(13-21)33-14-32-22)25(15)18-3-7-19(8-4-18)26(28,29)30/h3-13H,14H2,1-2H3. The van der Waals surface area contributed by atoms with E-state index in [1.807, 2.05) is 60.9 Å². The van der Waals surface area contributed by atoms with Gasteiger partial charge in [-0.2, -0.15) is 13.2 Å². The van der Waals surface area contributed by atoms with Gasteiger partial charge in [-0.15, -0.1) is 0 Å². The molecule has 0 atom stereocenters. The van der Waals surface area contributed by atoms with Crippen molar-refractivity contribution in [2.24, 2.45) is 0 Å². The molecule has 0 unspecified atom stereocenters. The second kappa shape index (κ2) is 7.89. The van der Waals surface area contributed by atoms with Gasteiger partial charge < -0.3 is 14.0 Å². The Morgan fingerprint density at radius 2 is 1.45 bits per heavy atom. The SMILES string of the molecule is Cc1c(-c2ccc(Cl)cc2)c(C)n(-c2ccc3c(c2)OCO3)c1-c1ccc(C(F)(F)F)cc1. The lowest BCUT2D eigenvalue weighted by atomic mass is 9.99. The molecule has 0 amide bonds. The first kappa shape index (κ1) is 21.5. The first-order chi connectivity index (χ1) is 15.7. The molecule has 1 aliphatic rings. The van der Waals surface area contributed by atoms with Gasteiger partial charge in [0, 0.05) is 28.0 Å². The largest absolute Gasteiger partial charge is 0.454 e. The monoisotopic (exact) mass is 469 g/mol. The molecule has 4 aromatic rings. The lowest BCUT2D eigenvalue weighted by Crippen LogP contribution is -2.05. The third-order valence-electron chi connectivity index (χ3n) is 5.88. The van der Waals surface area contributed by atoms with Crippen LogP contribution in [0.2, 0.25) is 5.02 Å². The normalized spacial score (nSPS) is 12.9. The van der Waals surface area contributed by atoms with E-state index < -0.39 is 11.7 Å². The number of alkyl halides is 3. The predicted molar refractivity (Wildman–Crippen MR) is 122 cm³/mol. The van der Waals surface area contributed by atoms with Crippen LogP contribution in [0.25, 0.3) is 28.1 Å². The van der Waals surface area contributed by atoms with Gasteiger partial charge in [0.15, 0.2) is 11.5 Å². The lowest BCUT2D eigenvalue weighted by Gasteiger charge is -2.14. The summed E-state index contributed by atoms with van der Waals surface area (Å²) < 4.78 is 52.5. The van der Waals surface area contributed by atoms with Crippen LogP contribution in [0.15, 0.2) is 66.7 Å². The van der Waals surface area contributed by atoms with Crippen LogP contribution >= 0.6 is 11.6 Å². The maximum atomic E-state index is 13.2. The third kappa shape index (κ3) is 3.74. The van der Waals surface area contributed by atoms with Gasteiger partial charge in [-0.1, -0.05) is 35.9 Å². The van der Waals surface area contributed by atoms with Gasteiger partial charge in [0.2, 0.25) is 6.79 Å². The molecule has 1 aliphatic heterocycles. The minimum Gasteiger partial charge on any atom is -0.454 e. The molecule has 0 saturated carbocycles. The Morgan fingerprint density at radius 3 is 2.12 bits per heavy atom. The molecule has 0 radical (unpaired) electrons. The van der Waals surface area contributed by atoms with Crippen LogP contribution in [0.5, 0.6) is 11.5 Å². The van der Waals surface area contributed by atoms with Crippen molar-refractivity contribution in [2.45, 2.75) is 20.0 Å². The molecule has 2 heterocycles. The van der Waals surface area contributed by atoms with Crippen molar-refractivity contribution in [2.75, 3.05) is 6.79 Å². The van der Waals surface area contributed by atoms with E-state index in [0.717, 1.165) is 45.9 Å². The Bertz CT molecular complexity index is 1340. The maximum Gasteiger partial charge on any atom is 0.416 e. The highest BCUT2D eigenvalue weighted by Gasteiger charge is 2.30. The minimum absolute atomic E-state index is 0.157. The van der Waals surface area contributed by atoms with Gasteiger partial charge in [0.25, 0.3) is 0 Å². The van der Waals surface area contributed by atoms with Crippen LogP contribution in [0, 0.1) is 13.8 Å². The summed E-state index contributed by atoms with van der Waals surface area (Å²) in [6, 6.07) is 18.4. The van der Waals surface area contributed by atoms with Gasteiger partial charge in [0.1, 0.15) is 0 Å². The van der Waals surface area contributed by atoms with Crippen molar-refractivity contribution in [3.63, 3.8) is 0 Å². The second-order valence-electron chi connectivity index (χ2n) is 7.89. The van der Waals surface area contributed by atoms with Gasteiger partial charge >= 0.3 is 6.18 Å². The number of ether oxygens (including phenoxy) is 2. The van der Waals surface area contributed by atoms with Crippen molar-refractivity contribution in [1.82, 2.24) is 4.57 Å². The molecular weight excluding hydrogens is 451 g/mol. The zero-order valence-corrected chi connectivity index (χ0v) is 18.6. The van der Waals surface area contributed by atoms with E-state index in [-0.39, 0.29) is 6.79 Å². The average molecular weight is 470 g/mol. The van der Waals surface area contributed by atoms with Crippen molar-refractivity contribution in [1.29, 1.82) is 0 Å². The van der Waals surface area contributed by atoms with Gasteiger partial charge in [-0.3, -0.25) is 0 Å². The van der Waals surface area contributed by atoms with Crippen LogP contribution in [0.1, 0.15) is 16.8 Å². The molecule has 7 heteroatoms. The number of aromatic nitrogens is 1. The molecule has 168 valence electrons. The lowest BCUT2D eigenvalue weighted by molar-refractivity contribution is -0.137. The molecule has 0 saturated heterocycles. The van der Waals surface area contributed by atoms with Gasteiger partial charge in [-0.05, 0) is 66.9 Å². The van der Waals surface area contributed by atoms with Crippen LogP contribution in [0.3, 0.4) is 0 Å². The van der Waals surface area contributed by atoms with Crippen LogP contribution < -0.4 is 9.47 Å². The Labute approximate surface area is 194 Å². The van der Waals surface area contributed by atoms with Gasteiger partial charge in [0.05, 0.1) is 11.3 Å². The molecular formula is C26H19ClF3NO2. The maximum absolute atomic E-state index is 13.2. The molecule has 0 bridgehead atoms. The Balaban J connectivity index is 1.75. The molecule has 0 aliphatic carbocycles. The average Bonchev–Trinajstić information content (AvgIpc) is 3.35. The van der Waals surface area contributed by atoms with Crippen molar-refractivity contribution < 1.29 is 22.6 Å². The highest BCUT2D eigenvalue weighted by atomic mass is 35.5. The van der Waals surface area contributed by atoms with E-state index in [1.165, 1.54) is 12.1 Å². The summed E-state index contributed by atoms with van der Waals surface area (Å²) in [6.45, 7) is 4.13. The summed E-state index contributed by atoms with van der Waals surface area (Å²) >= 11 is 6.09. The molecule has 0 fully saturated rings. The molecule has 33 heavy (non-hydrogen) atoms. The number of rotatable bonds is 3. The van der Waals surface area contributed by atoms with Crippen molar-refractivity contribution in [3.05, 3.63) is 88.6 Å². The summed E-state index contributed by atoms with van der Waals surface area (Å²) in [5.74, 6) is 1.29. The molecule has 3 nitrogen and oxygen atoms in total. The number of fused-ring (bicyclic) bond motifs is 1. The first-order valence-corrected chi connectivity index (χ1v) is 10.7. The summed E-state index contributed by atoms with van der Waals surface area (Å²) in [7, 11) is 0. The number of nitrogens with zero attached hydrogens (tertiary/aromatic N) is 1. The van der Waals surface area contributed by atoms with Crippen molar-refractivity contribution >= 4 is 11.6 Å². The predicted octanol–water partition coefficient (Wildman–Crippen LogP) is 7.83. The highest BCUT2D eigenvalue weighted by Crippen LogP contribution is 2.42. The molecule has 0 spiro atoms. The fraction of sp³-hybridized carbons (Fsp3) is 0.154. The van der Waals surface area contributed by atoms with E-state index >= 15 is 0 Å². The molecule has 1 aromatic heterocycles. The summed E-state index contributed by atoms with van der Waals surface area (Å²) in [5.41, 5.74) is 5.51. The summed E-state index contributed by atoms with van der Waals surface area (Å²) in [5, 5.41) is 0.632. The fourth-order valence-electron chi connectivity index (χ4n) is 4.39. The number of hydrogen-bond donors (Lipinski definition) is 0. The minimum atomic E-state index is -4.39. The zero-order valence-electron chi connectivity index (χ0n) is 17.8. The van der Waals surface area contributed by atoms with E-state index in [1.54, 1.807) is 0 Å². The molecule has 5 rings (SSSR count). The number of hydrogen-bond acceptors (Lipinski definition) is 2. The van der Waals surface area contributed by atoms with Gasteiger partial charge in [-0.25, -0.2) is 0 Å². The Morgan fingerprint density at radius 1 is 0.818 bits per heavy atom. The van der Waals surface area contributed by atoms with Crippen molar-refractivity contribution in [3.8, 4) is 39.6 Å².